The lowest BCUT2D eigenvalue weighted by Gasteiger charge is -2.47. The maximum atomic E-state index is 13.5. The van der Waals surface area contributed by atoms with Crippen molar-refractivity contribution >= 4 is 12.2 Å². The molecule has 1 aliphatic rings. The number of hydrogen-bond donors (Lipinski definition) is 1. The van der Waals surface area contributed by atoms with E-state index in [9.17, 15) is 35.9 Å². The molecule has 3 unspecified atom stereocenters. The molecule has 3 rings (SSSR count). The van der Waals surface area contributed by atoms with E-state index in [0.29, 0.717) is 30.7 Å². The van der Waals surface area contributed by atoms with E-state index in [4.69, 9.17) is 9.47 Å². The van der Waals surface area contributed by atoms with Crippen LogP contribution >= 0.6 is 0 Å². The van der Waals surface area contributed by atoms with E-state index in [1.807, 2.05) is 6.92 Å². The number of halogens is 6. The van der Waals surface area contributed by atoms with E-state index in [-0.39, 0.29) is 24.5 Å². The van der Waals surface area contributed by atoms with Gasteiger partial charge in [-0.3, -0.25) is 5.10 Å². The summed E-state index contributed by atoms with van der Waals surface area (Å²) in [6, 6.07) is 1.30. The lowest BCUT2D eigenvalue weighted by Crippen LogP contribution is -2.58. The van der Waals surface area contributed by atoms with Crippen molar-refractivity contribution in [3.8, 4) is 0 Å². The normalized spacial score (nSPS) is 20.1. The van der Waals surface area contributed by atoms with Crippen molar-refractivity contribution in [3.63, 3.8) is 0 Å². The van der Waals surface area contributed by atoms with Crippen molar-refractivity contribution in [3.05, 3.63) is 52.8 Å². The fourth-order valence-electron chi connectivity index (χ4n) is 5.08. The van der Waals surface area contributed by atoms with Gasteiger partial charge in [-0.05, 0) is 69.9 Å². The molecule has 41 heavy (non-hydrogen) atoms. The maximum Gasteiger partial charge on any atom is 0.416 e. The molecule has 1 saturated heterocycles. The average molecular weight is 593 g/mol. The molecule has 2 amide bonds. The fraction of sp³-hybridized carbons (Fsp3) is 0.593. The SMILES string of the molecule is CCC1CC(N(Cc2cc(C(F)(F)F)cc(C(F)(F)F)c2)C(=O)OC)CC(Cc2ccn[nH]2)N1C(=O)OC(C)(C)C. The number of aromatic nitrogens is 2. The quantitative estimate of drug-likeness (QED) is 0.373. The van der Waals surface area contributed by atoms with Crippen LogP contribution in [-0.2, 0) is 34.8 Å². The summed E-state index contributed by atoms with van der Waals surface area (Å²) in [4.78, 5) is 29.0. The number of amides is 2. The summed E-state index contributed by atoms with van der Waals surface area (Å²) in [5, 5.41) is 6.77. The molecule has 228 valence electrons. The maximum absolute atomic E-state index is 13.5. The molecule has 0 radical (unpaired) electrons. The Kier molecular flexibility index (Phi) is 9.54. The number of nitrogens with zero attached hydrogens (tertiary/aromatic N) is 3. The molecule has 2 aromatic rings. The van der Waals surface area contributed by atoms with Crippen LogP contribution in [0.5, 0.6) is 0 Å². The molecule has 1 aliphatic heterocycles. The second kappa shape index (κ2) is 12.2. The first kappa shape index (κ1) is 32.1. The Labute approximate surface area is 234 Å². The predicted octanol–water partition coefficient (Wildman–Crippen LogP) is 6.81. The minimum Gasteiger partial charge on any atom is -0.453 e. The van der Waals surface area contributed by atoms with Crippen LogP contribution in [0, 0.1) is 0 Å². The van der Waals surface area contributed by atoms with Gasteiger partial charge in [0.05, 0.1) is 18.2 Å². The van der Waals surface area contributed by atoms with Crippen molar-refractivity contribution in [2.45, 2.75) is 96.0 Å². The summed E-state index contributed by atoms with van der Waals surface area (Å²) in [6.07, 6.45) is -8.90. The Morgan fingerprint density at radius 3 is 2.07 bits per heavy atom. The first-order valence-corrected chi connectivity index (χ1v) is 13.1. The Bertz CT molecular complexity index is 1160. The second-order valence-corrected chi connectivity index (χ2v) is 11.0. The molecule has 0 bridgehead atoms. The number of carbonyl (C=O) groups is 2. The predicted molar refractivity (Wildman–Crippen MR) is 136 cm³/mol. The van der Waals surface area contributed by atoms with Gasteiger partial charge in [-0.1, -0.05) is 6.92 Å². The van der Waals surface area contributed by atoms with Crippen LogP contribution in [0.15, 0.2) is 30.5 Å². The van der Waals surface area contributed by atoms with Crippen LogP contribution in [0.25, 0.3) is 0 Å². The fourth-order valence-corrected chi connectivity index (χ4v) is 5.08. The molecule has 2 heterocycles. The summed E-state index contributed by atoms with van der Waals surface area (Å²) < 4.78 is 91.5. The first-order chi connectivity index (χ1) is 18.9. The topological polar surface area (TPSA) is 87.8 Å². The van der Waals surface area contributed by atoms with Crippen molar-refractivity contribution in [2.24, 2.45) is 0 Å². The Morgan fingerprint density at radius 1 is 1.02 bits per heavy atom. The standard InChI is InChI=1S/C27H34F6N4O4/c1-6-20-13-21(14-22(12-19-7-8-34-35-19)37(20)24(39)41-25(2,3)4)36(23(38)40-5)15-16-9-17(26(28,29)30)11-18(10-16)27(31,32)33/h7-11,20-22H,6,12-15H2,1-5H3,(H,34,35). The number of ether oxygens (including phenoxy) is 2. The zero-order chi connectivity index (χ0) is 30.8. The minimum absolute atomic E-state index is 0.0405. The van der Waals surface area contributed by atoms with Crippen molar-refractivity contribution < 1.29 is 45.4 Å². The van der Waals surface area contributed by atoms with E-state index in [2.05, 4.69) is 10.2 Å². The van der Waals surface area contributed by atoms with E-state index < -0.39 is 65.9 Å². The molecule has 1 N–H and O–H groups in total. The van der Waals surface area contributed by atoms with E-state index in [1.165, 1.54) is 6.20 Å². The summed E-state index contributed by atoms with van der Waals surface area (Å²) in [7, 11) is 1.08. The van der Waals surface area contributed by atoms with Crippen molar-refractivity contribution in [1.29, 1.82) is 0 Å². The van der Waals surface area contributed by atoms with Gasteiger partial charge < -0.3 is 19.3 Å². The highest BCUT2D eigenvalue weighted by atomic mass is 19.4. The highest BCUT2D eigenvalue weighted by Gasteiger charge is 2.43. The first-order valence-electron chi connectivity index (χ1n) is 13.1. The number of carbonyl (C=O) groups excluding carboxylic acids is 2. The summed E-state index contributed by atoms with van der Waals surface area (Å²) in [6.45, 7) is 6.45. The van der Waals surface area contributed by atoms with Crippen LogP contribution in [0.4, 0.5) is 35.9 Å². The van der Waals surface area contributed by atoms with Gasteiger partial charge in [0.25, 0.3) is 0 Å². The largest absolute Gasteiger partial charge is 0.453 e. The molecule has 14 heteroatoms. The van der Waals surface area contributed by atoms with Gasteiger partial charge in [0.1, 0.15) is 5.60 Å². The van der Waals surface area contributed by atoms with Crippen LogP contribution in [0.1, 0.15) is 69.3 Å². The molecule has 0 aliphatic carbocycles. The zero-order valence-corrected chi connectivity index (χ0v) is 23.4. The van der Waals surface area contributed by atoms with Crippen LogP contribution < -0.4 is 0 Å². The number of methoxy groups -OCH3 is 1. The number of rotatable bonds is 6. The smallest absolute Gasteiger partial charge is 0.416 e. The average Bonchev–Trinajstić information content (AvgIpc) is 3.37. The Morgan fingerprint density at radius 2 is 1.61 bits per heavy atom. The lowest BCUT2D eigenvalue weighted by atomic mass is 9.87. The van der Waals surface area contributed by atoms with Gasteiger partial charge in [-0.2, -0.15) is 31.4 Å². The van der Waals surface area contributed by atoms with Gasteiger partial charge in [0.2, 0.25) is 0 Å². The number of nitrogens with one attached hydrogen (secondary N) is 1. The third kappa shape index (κ3) is 8.29. The molecular formula is C27H34F6N4O4. The van der Waals surface area contributed by atoms with Crippen molar-refractivity contribution in [1.82, 2.24) is 20.0 Å². The molecule has 3 atom stereocenters. The number of hydrogen-bond acceptors (Lipinski definition) is 5. The molecular weight excluding hydrogens is 558 g/mol. The highest BCUT2D eigenvalue weighted by molar-refractivity contribution is 5.70. The lowest BCUT2D eigenvalue weighted by molar-refractivity contribution is -0.143. The van der Waals surface area contributed by atoms with Crippen LogP contribution in [0.2, 0.25) is 0 Å². The summed E-state index contributed by atoms with van der Waals surface area (Å²) in [5.74, 6) is 0. The van der Waals surface area contributed by atoms with Gasteiger partial charge in [-0.25, -0.2) is 9.59 Å². The number of likely N-dealkylation sites (tertiary alicyclic amines) is 1. The van der Waals surface area contributed by atoms with Gasteiger partial charge >= 0.3 is 24.5 Å². The molecule has 0 spiro atoms. The van der Waals surface area contributed by atoms with Gasteiger partial charge in [0, 0.05) is 43.0 Å². The van der Waals surface area contributed by atoms with Gasteiger partial charge in [-0.15, -0.1) is 0 Å². The monoisotopic (exact) mass is 592 g/mol. The van der Waals surface area contributed by atoms with Crippen LogP contribution in [-0.4, -0.2) is 63.0 Å². The number of benzene rings is 1. The Hall–Kier alpha value is -3.45. The molecule has 1 aromatic heterocycles. The second-order valence-electron chi connectivity index (χ2n) is 11.0. The third-order valence-electron chi connectivity index (χ3n) is 6.81. The summed E-state index contributed by atoms with van der Waals surface area (Å²) in [5.41, 5.74) is -3.41. The number of piperidine rings is 1. The molecule has 8 nitrogen and oxygen atoms in total. The van der Waals surface area contributed by atoms with Crippen molar-refractivity contribution in [2.75, 3.05) is 7.11 Å². The van der Waals surface area contributed by atoms with Gasteiger partial charge in [0.15, 0.2) is 0 Å². The number of alkyl halides is 6. The van der Waals surface area contributed by atoms with E-state index in [1.54, 1.807) is 31.7 Å². The zero-order valence-electron chi connectivity index (χ0n) is 23.4. The third-order valence-corrected chi connectivity index (χ3v) is 6.81. The minimum atomic E-state index is -5.03. The van der Waals surface area contributed by atoms with E-state index in [0.717, 1.165) is 12.0 Å². The molecule has 0 saturated carbocycles. The molecule has 1 aromatic carbocycles. The molecule has 1 fully saturated rings. The highest BCUT2D eigenvalue weighted by Crippen LogP contribution is 2.38. The Balaban J connectivity index is 2.01. The number of H-pyrrole nitrogens is 1. The van der Waals surface area contributed by atoms with E-state index >= 15 is 0 Å². The number of aromatic amines is 1. The summed E-state index contributed by atoms with van der Waals surface area (Å²) >= 11 is 0. The van der Waals surface area contributed by atoms with Crippen LogP contribution in [0.3, 0.4) is 0 Å².